The molecule has 176 valence electrons. The van der Waals surface area contributed by atoms with Crippen LogP contribution in [0.5, 0.6) is 5.88 Å². The molecular formula is C23H29N5O5. The van der Waals surface area contributed by atoms with Gasteiger partial charge < -0.3 is 24.4 Å². The number of carbonyl (C=O) groups is 2. The van der Waals surface area contributed by atoms with Gasteiger partial charge in [0.1, 0.15) is 11.2 Å². The molecule has 2 aliphatic heterocycles. The van der Waals surface area contributed by atoms with Gasteiger partial charge in [-0.25, -0.2) is 9.78 Å². The Hall–Kier alpha value is -3.40. The average molecular weight is 456 g/mol. The van der Waals surface area contributed by atoms with Crippen LogP contribution in [0.25, 0.3) is 11.3 Å². The maximum absolute atomic E-state index is 13.6. The molecule has 2 amide bonds. The van der Waals surface area contributed by atoms with E-state index >= 15 is 0 Å². The molecule has 1 fully saturated rings. The Balaban J connectivity index is 1.88. The van der Waals surface area contributed by atoms with E-state index < -0.39 is 11.7 Å². The summed E-state index contributed by atoms with van der Waals surface area (Å²) in [7, 11) is 0. The number of hydrogen-bond acceptors (Lipinski definition) is 7. The zero-order valence-corrected chi connectivity index (χ0v) is 19.3. The van der Waals surface area contributed by atoms with Gasteiger partial charge in [0.25, 0.3) is 5.91 Å². The molecule has 33 heavy (non-hydrogen) atoms. The number of carbonyl (C=O) groups excluding carboxylic acids is 1. The molecule has 2 aliphatic rings. The molecule has 1 unspecified atom stereocenters. The lowest BCUT2D eigenvalue weighted by atomic mass is 10.0. The molecule has 4 rings (SSSR count). The Bertz CT molecular complexity index is 1060. The molecule has 1 aromatic carbocycles. The lowest BCUT2D eigenvalue weighted by molar-refractivity contribution is 0.0541. The molecule has 10 heteroatoms. The Morgan fingerprint density at radius 1 is 1.27 bits per heavy atom. The minimum absolute atomic E-state index is 0.0634. The predicted molar refractivity (Wildman–Crippen MR) is 123 cm³/mol. The van der Waals surface area contributed by atoms with Crippen molar-refractivity contribution in [3.8, 4) is 17.1 Å². The summed E-state index contributed by atoms with van der Waals surface area (Å²) in [6.45, 7) is 10.5. The second-order valence-electron chi connectivity index (χ2n) is 8.86. The molecular weight excluding hydrogens is 426 g/mol. The van der Waals surface area contributed by atoms with Gasteiger partial charge in [-0.1, -0.05) is 12.1 Å². The number of morpholine rings is 1. The van der Waals surface area contributed by atoms with E-state index in [1.807, 2.05) is 27.7 Å². The standard InChI is InChI=1S/C23H29N5O5/c1-5-27-13-23(3,4)33-19-17(20(27)29)18(15-6-8-16(9-7-15)24-22(30)31)25-21(26-19)28-10-11-32-12-14(28)2/h6-9,14,24H,5,10-13H2,1-4H3,(H,30,31). The van der Waals surface area contributed by atoms with E-state index in [0.717, 1.165) is 0 Å². The number of anilines is 2. The third kappa shape index (κ3) is 4.70. The number of fused-ring (bicyclic) bond motifs is 1. The van der Waals surface area contributed by atoms with Crippen LogP contribution in [0.1, 0.15) is 38.1 Å². The van der Waals surface area contributed by atoms with Crippen LogP contribution in [0.2, 0.25) is 0 Å². The third-order valence-corrected chi connectivity index (χ3v) is 5.73. The van der Waals surface area contributed by atoms with Gasteiger partial charge >= 0.3 is 6.09 Å². The van der Waals surface area contributed by atoms with Crippen molar-refractivity contribution in [2.75, 3.05) is 43.1 Å². The average Bonchev–Trinajstić information content (AvgIpc) is 2.86. The number of carboxylic acid groups (broad SMARTS) is 1. The lowest BCUT2D eigenvalue weighted by Gasteiger charge is -2.34. The summed E-state index contributed by atoms with van der Waals surface area (Å²) < 4.78 is 11.9. The van der Waals surface area contributed by atoms with Crippen molar-refractivity contribution < 1.29 is 24.2 Å². The summed E-state index contributed by atoms with van der Waals surface area (Å²) >= 11 is 0. The van der Waals surface area contributed by atoms with Crippen molar-refractivity contribution in [3.05, 3.63) is 29.8 Å². The quantitative estimate of drug-likeness (QED) is 0.722. The SMILES string of the molecule is CCN1CC(C)(C)Oc2nc(N3CCOCC3C)nc(-c3ccc(NC(=O)O)cc3)c2C1=O. The molecule has 0 aliphatic carbocycles. The Morgan fingerprint density at radius 3 is 2.64 bits per heavy atom. The smallest absolute Gasteiger partial charge is 0.409 e. The molecule has 0 spiro atoms. The van der Waals surface area contributed by atoms with Gasteiger partial charge in [-0.2, -0.15) is 4.98 Å². The molecule has 0 bridgehead atoms. The second-order valence-corrected chi connectivity index (χ2v) is 8.86. The molecule has 0 radical (unpaired) electrons. The molecule has 1 atom stereocenters. The number of aromatic nitrogens is 2. The number of nitrogens with one attached hydrogen (secondary N) is 1. The van der Waals surface area contributed by atoms with E-state index in [9.17, 15) is 9.59 Å². The highest BCUT2D eigenvalue weighted by Gasteiger charge is 2.37. The molecule has 2 N–H and O–H groups in total. The van der Waals surface area contributed by atoms with Crippen molar-refractivity contribution in [1.82, 2.24) is 14.9 Å². The molecule has 2 aromatic rings. The van der Waals surface area contributed by atoms with Crippen LogP contribution in [-0.2, 0) is 4.74 Å². The molecule has 10 nitrogen and oxygen atoms in total. The Morgan fingerprint density at radius 2 is 2.00 bits per heavy atom. The number of amides is 2. The van der Waals surface area contributed by atoms with Gasteiger partial charge in [-0.15, -0.1) is 0 Å². The second kappa shape index (κ2) is 8.86. The zero-order valence-electron chi connectivity index (χ0n) is 19.3. The van der Waals surface area contributed by atoms with E-state index in [-0.39, 0.29) is 17.8 Å². The maximum atomic E-state index is 13.6. The summed E-state index contributed by atoms with van der Waals surface area (Å²) in [6, 6.07) is 6.81. The minimum Gasteiger partial charge on any atom is -0.469 e. The fourth-order valence-corrected chi connectivity index (χ4v) is 4.13. The fraction of sp³-hybridized carbons (Fsp3) is 0.478. The summed E-state index contributed by atoms with van der Waals surface area (Å²) in [6.07, 6.45) is -1.15. The Labute approximate surface area is 192 Å². The first-order valence-corrected chi connectivity index (χ1v) is 11.0. The van der Waals surface area contributed by atoms with Gasteiger partial charge in [-0.3, -0.25) is 10.1 Å². The van der Waals surface area contributed by atoms with E-state index in [4.69, 9.17) is 24.5 Å². The van der Waals surface area contributed by atoms with Crippen LogP contribution in [0.4, 0.5) is 16.4 Å². The van der Waals surface area contributed by atoms with Crippen LogP contribution >= 0.6 is 0 Å². The van der Waals surface area contributed by atoms with E-state index in [1.54, 1.807) is 29.2 Å². The summed E-state index contributed by atoms with van der Waals surface area (Å²) in [5.74, 6) is 0.538. The molecule has 1 saturated heterocycles. The number of likely N-dealkylation sites (N-methyl/N-ethyl adjacent to an activating group) is 1. The molecule has 1 aromatic heterocycles. The normalized spacial score (nSPS) is 20.0. The van der Waals surface area contributed by atoms with Gasteiger partial charge in [0, 0.05) is 24.3 Å². The van der Waals surface area contributed by atoms with E-state index in [2.05, 4.69) is 10.2 Å². The highest BCUT2D eigenvalue weighted by atomic mass is 16.5. The Kier molecular flexibility index (Phi) is 6.11. The van der Waals surface area contributed by atoms with Crippen molar-refractivity contribution in [3.63, 3.8) is 0 Å². The van der Waals surface area contributed by atoms with E-state index in [1.165, 1.54) is 0 Å². The summed E-state index contributed by atoms with van der Waals surface area (Å²) in [5, 5.41) is 11.3. The summed E-state index contributed by atoms with van der Waals surface area (Å²) in [4.78, 5) is 37.8. The van der Waals surface area contributed by atoms with Crippen LogP contribution in [0.3, 0.4) is 0 Å². The predicted octanol–water partition coefficient (Wildman–Crippen LogP) is 3.09. The first-order valence-electron chi connectivity index (χ1n) is 11.0. The maximum Gasteiger partial charge on any atom is 0.409 e. The van der Waals surface area contributed by atoms with Gasteiger partial charge in [0.15, 0.2) is 0 Å². The monoisotopic (exact) mass is 455 g/mol. The van der Waals surface area contributed by atoms with Gasteiger partial charge in [0.05, 0.1) is 31.5 Å². The van der Waals surface area contributed by atoms with Gasteiger partial charge in [-0.05, 0) is 39.8 Å². The third-order valence-electron chi connectivity index (χ3n) is 5.73. The topological polar surface area (TPSA) is 117 Å². The van der Waals surface area contributed by atoms with Crippen molar-refractivity contribution >= 4 is 23.6 Å². The largest absolute Gasteiger partial charge is 0.469 e. The number of nitrogens with zero attached hydrogens (tertiary/aromatic N) is 4. The highest BCUT2D eigenvalue weighted by Crippen LogP contribution is 2.36. The lowest BCUT2D eigenvalue weighted by Crippen LogP contribution is -2.44. The van der Waals surface area contributed by atoms with Crippen LogP contribution in [0.15, 0.2) is 24.3 Å². The van der Waals surface area contributed by atoms with Gasteiger partial charge in [0.2, 0.25) is 11.8 Å². The number of benzene rings is 1. The van der Waals surface area contributed by atoms with E-state index in [0.29, 0.717) is 61.3 Å². The van der Waals surface area contributed by atoms with Crippen molar-refractivity contribution in [2.45, 2.75) is 39.3 Å². The first-order chi connectivity index (χ1) is 15.7. The number of ether oxygens (including phenoxy) is 2. The van der Waals surface area contributed by atoms with Crippen molar-refractivity contribution in [1.29, 1.82) is 0 Å². The zero-order chi connectivity index (χ0) is 23.8. The highest BCUT2D eigenvalue weighted by molar-refractivity contribution is 6.02. The van der Waals surface area contributed by atoms with Crippen LogP contribution < -0.4 is 15.0 Å². The molecule has 3 heterocycles. The first kappa shape index (κ1) is 22.8. The number of hydrogen-bond donors (Lipinski definition) is 2. The van der Waals surface area contributed by atoms with Crippen LogP contribution in [-0.4, -0.2) is 76.5 Å². The summed E-state index contributed by atoms with van der Waals surface area (Å²) in [5.41, 5.74) is 1.22. The van der Waals surface area contributed by atoms with Crippen LogP contribution in [0, 0.1) is 0 Å². The fourth-order valence-electron chi connectivity index (χ4n) is 4.13. The molecule has 0 saturated carbocycles. The minimum atomic E-state index is -1.15. The number of rotatable bonds is 4. The van der Waals surface area contributed by atoms with Crippen molar-refractivity contribution in [2.24, 2.45) is 0 Å².